The summed E-state index contributed by atoms with van der Waals surface area (Å²) in [6.07, 6.45) is 5.89. The van der Waals surface area contributed by atoms with Crippen molar-refractivity contribution in [3.05, 3.63) is 36.2 Å². The van der Waals surface area contributed by atoms with Crippen LogP contribution in [-0.2, 0) is 6.42 Å². The number of hydrogen-bond acceptors (Lipinski definition) is 2. The van der Waals surface area contributed by atoms with Crippen molar-refractivity contribution in [1.29, 1.82) is 0 Å². The summed E-state index contributed by atoms with van der Waals surface area (Å²) in [5, 5.41) is 3.29. The Kier molecular flexibility index (Phi) is 4.23. The molecule has 1 aromatic rings. The average Bonchev–Trinajstić information content (AvgIpc) is 2.33. The van der Waals surface area contributed by atoms with Gasteiger partial charge in [-0.2, -0.15) is 0 Å². The number of hydrogen-bond donors (Lipinski definition) is 1. The lowest BCUT2D eigenvalue weighted by Crippen LogP contribution is -2.34. The Morgan fingerprint density at radius 3 is 2.75 bits per heavy atom. The fourth-order valence-corrected chi connectivity index (χ4v) is 1.98. The maximum atomic E-state index is 5.89. The van der Waals surface area contributed by atoms with E-state index >= 15 is 0 Å². The second kappa shape index (κ2) is 5.90. The van der Waals surface area contributed by atoms with Crippen molar-refractivity contribution in [1.82, 2.24) is 5.32 Å². The van der Waals surface area contributed by atoms with Crippen LogP contribution in [0.15, 0.2) is 24.3 Å². The van der Waals surface area contributed by atoms with Gasteiger partial charge in [0.1, 0.15) is 11.9 Å². The zero-order chi connectivity index (χ0) is 11.2. The van der Waals surface area contributed by atoms with Gasteiger partial charge in [-0.1, -0.05) is 25.5 Å². The Hall–Kier alpha value is -1.02. The van der Waals surface area contributed by atoms with E-state index in [1.807, 2.05) is 0 Å². The van der Waals surface area contributed by atoms with Gasteiger partial charge in [0.25, 0.3) is 0 Å². The van der Waals surface area contributed by atoms with Crippen LogP contribution < -0.4 is 10.1 Å². The van der Waals surface area contributed by atoms with E-state index in [1.54, 1.807) is 0 Å². The molecule has 1 fully saturated rings. The maximum Gasteiger partial charge on any atom is 0.119 e. The minimum Gasteiger partial charge on any atom is -0.490 e. The standard InChI is InChI=1S/C14H20NO/c1-2-3-12-4-6-13(7-5-12)16-14-8-10-15-11-9-14/h4-8,14-15H,2-3,9-11H2,1H3. The Morgan fingerprint density at radius 1 is 1.31 bits per heavy atom. The van der Waals surface area contributed by atoms with E-state index in [4.69, 9.17) is 4.74 Å². The first kappa shape index (κ1) is 11.5. The molecule has 2 rings (SSSR count). The third-order valence-corrected chi connectivity index (χ3v) is 2.88. The molecule has 0 saturated carbocycles. The second-order valence-electron chi connectivity index (χ2n) is 4.28. The van der Waals surface area contributed by atoms with Crippen LogP contribution in [0.2, 0.25) is 0 Å². The van der Waals surface area contributed by atoms with Crippen LogP contribution in [0.25, 0.3) is 0 Å². The number of ether oxygens (including phenoxy) is 1. The van der Waals surface area contributed by atoms with E-state index in [1.165, 1.54) is 12.0 Å². The maximum absolute atomic E-state index is 5.89. The molecule has 1 N–H and O–H groups in total. The van der Waals surface area contributed by atoms with E-state index in [2.05, 4.69) is 42.9 Å². The van der Waals surface area contributed by atoms with E-state index in [9.17, 15) is 0 Å². The summed E-state index contributed by atoms with van der Waals surface area (Å²) < 4.78 is 5.89. The SMILES string of the molecule is CCCc1ccc(OC2[CH]CNCC2)cc1. The van der Waals surface area contributed by atoms with Crippen molar-refractivity contribution >= 4 is 0 Å². The van der Waals surface area contributed by atoms with Crippen molar-refractivity contribution in [3.8, 4) is 5.75 Å². The van der Waals surface area contributed by atoms with Crippen molar-refractivity contribution in [2.75, 3.05) is 13.1 Å². The smallest absolute Gasteiger partial charge is 0.119 e. The van der Waals surface area contributed by atoms with Crippen molar-refractivity contribution in [2.24, 2.45) is 0 Å². The fourth-order valence-electron chi connectivity index (χ4n) is 1.98. The number of rotatable bonds is 4. The number of benzene rings is 1. The largest absolute Gasteiger partial charge is 0.490 e. The molecule has 1 aliphatic rings. The van der Waals surface area contributed by atoms with Crippen molar-refractivity contribution in [3.63, 3.8) is 0 Å². The summed E-state index contributed by atoms with van der Waals surface area (Å²) in [6, 6.07) is 8.50. The normalized spacial score (nSPS) is 17.3. The zero-order valence-corrected chi connectivity index (χ0v) is 9.91. The van der Waals surface area contributed by atoms with Gasteiger partial charge < -0.3 is 10.1 Å². The summed E-state index contributed by atoms with van der Waals surface area (Å²) >= 11 is 0. The van der Waals surface area contributed by atoms with Gasteiger partial charge in [0.15, 0.2) is 0 Å². The molecular formula is C14H20NO. The average molecular weight is 218 g/mol. The van der Waals surface area contributed by atoms with Crippen molar-refractivity contribution < 1.29 is 4.74 Å². The minimum atomic E-state index is 0.276. The summed E-state index contributed by atoms with van der Waals surface area (Å²) in [4.78, 5) is 0. The lowest BCUT2D eigenvalue weighted by Gasteiger charge is -2.23. The number of piperidine rings is 1. The van der Waals surface area contributed by atoms with Gasteiger partial charge in [-0.25, -0.2) is 0 Å². The molecule has 1 atom stereocenters. The zero-order valence-electron chi connectivity index (χ0n) is 9.91. The molecule has 1 saturated heterocycles. The molecule has 0 bridgehead atoms. The molecule has 1 unspecified atom stereocenters. The van der Waals surface area contributed by atoms with Crippen LogP contribution in [0.3, 0.4) is 0 Å². The molecule has 2 heteroatoms. The summed E-state index contributed by atoms with van der Waals surface area (Å²) in [6.45, 7) is 4.21. The highest BCUT2D eigenvalue weighted by atomic mass is 16.5. The predicted molar refractivity (Wildman–Crippen MR) is 66.6 cm³/mol. The second-order valence-corrected chi connectivity index (χ2v) is 4.28. The van der Waals surface area contributed by atoms with Gasteiger partial charge in [-0.05, 0) is 37.1 Å². The number of nitrogens with one attached hydrogen (secondary N) is 1. The first-order chi connectivity index (χ1) is 7.88. The quantitative estimate of drug-likeness (QED) is 0.838. The van der Waals surface area contributed by atoms with Crippen LogP contribution in [-0.4, -0.2) is 19.2 Å². The highest BCUT2D eigenvalue weighted by molar-refractivity contribution is 5.27. The first-order valence-corrected chi connectivity index (χ1v) is 6.18. The van der Waals surface area contributed by atoms with E-state index in [-0.39, 0.29) is 6.10 Å². The predicted octanol–water partition coefficient (Wildman–Crippen LogP) is 2.58. The molecule has 1 aliphatic heterocycles. The molecule has 87 valence electrons. The molecule has 0 spiro atoms. The third kappa shape index (κ3) is 3.24. The van der Waals surface area contributed by atoms with Crippen LogP contribution in [0.1, 0.15) is 25.3 Å². The van der Waals surface area contributed by atoms with Crippen LogP contribution in [0, 0.1) is 6.42 Å². The highest BCUT2D eigenvalue weighted by Crippen LogP contribution is 2.17. The molecule has 0 amide bonds. The monoisotopic (exact) mass is 218 g/mol. The molecular weight excluding hydrogens is 198 g/mol. The van der Waals surface area contributed by atoms with Gasteiger partial charge in [-0.3, -0.25) is 0 Å². The molecule has 2 nitrogen and oxygen atoms in total. The van der Waals surface area contributed by atoms with Crippen LogP contribution >= 0.6 is 0 Å². The Balaban J connectivity index is 1.88. The van der Waals surface area contributed by atoms with Gasteiger partial charge in [-0.15, -0.1) is 0 Å². The molecule has 1 heterocycles. The molecule has 16 heavy (non-hydrogen) atoms. The molecule has 1 aromatic carbocycles. The van der Waals surface area contributed by atoms with Crippen LogP contribution in [0.4, 0.5) is 0 Å². The van der Waals surface area contributed by atoms with Crippen LogP contribution in [0.5, 0.6) is 5.75 Å². The summed E-state index contributed by atoms with van der Waals surface area (Å²) in [5.74, 6) is 0.989. The minimum absolute atomic E-state index is 0.276. The summed E-state index contributed by atoms with van der Waals surface area (Å²) in [5.41, 5.74) is 1.39. The van der Waals surface area contributed by atoms with Crippen molar-refractivity contribution in [2.45, 2.75) is 32.3 Å². The lowest BCUT2D eigenvalue weighted by atomic mass is 10.1. The molecule has 0 aliphatic carbocycles. The topological polar surface area (TPSA) is 21.3 Å². The number of aryl methyl sites for hydroxylation is 1. The van der Waals surface area contributed by atoms with Gasteiger partial charge in [0.2, 0.25) is 0 Å². The Bertz CT molecular complexity index is 301. The van der Waals surface area contributed by atoms with E-state index < -0.39 is 0 Å². The fraction of sp³-hybridized carbons (Fsp3) is 0.500. The van der Waals surface area contributed by atoms with E-state index in [0.29, 0.717) is 0 Å². The van der Waals surface area contributed by atoms with Gasteiger partial charge in [0.05, 0.1) is 0 Å². The Labute approximate surface area is 98.0 Å². The molecule has 1 radical (unpaired) electrons. The van der Waals surface area contributed by atoms with Gasteiger partial charge in [0, 0.05) is 13.0 Å². The first-order valence-electron chi connectivity index (χ1n) is 6.18. The molecule has 0 aromatic heterocycles. The van der Waals surface area contributed by atoms with E-state index in [0.717, 1.165) is 31.7 Å². The van der Waals surface area contributed by atoms with Gasteiger partial charge >= 0.3 is 0 Å². The summed E-state index contributed by atoms with van der Waals surface area (Å²) in [7, 11) is 0. The highest BCUT2D eigenvalue weighted by Gasteiger charge is 2.14. The Morgan fingerprint density at radius 2 is 2.12 bits per heavy atom. The lowest BCUT2D eigenvalue weighted by molar-refractivity contribution is 0.205. The third-order valence-electron chi connectivity index (χ3n) is 2.88.